The maximum absolute atomic E-state index is 11.9. The van der Waals surface area contributed by atoms with Gasteiger partial charge in [0.25, 0.3) is 0 Å². The van der Waals surface area contributed by atoms with Crippen LogP contribution in [0.2, 0.25) is 5.02 Å². The molecule has 2 rings (SSSR count). The minimum absolute atomic E-state index is 0.0468. The summed E-state index contributed by atoms with van der Waals surface area (Å²) in [5.41, 5.74) is 1.68. The van der Waals surface area contributed by atoms with Gasteiger partial charge < -0.3 is 10.6 Å². The molecule has 4 nitrogen and oxygen atoms in total. The van der Waals surface area contributed by atoms with Gasteiger partial charge in [0.2, 0.25) is 11.8 Å². The molecule has 0 aromatic heterocycles. The molecule has 0 aliphatic heterocycles. The van der Waals surface area contributed by atoms with Crippen molar-refractivity contribution in [1.82, 2.24) is 5.32 Å². The lowest BCUT2D eigenvalue weighted by Crippen LogP contribution is -2.24. The number of anilines is 1. The number of thioether (sulfide) groups is 1. The van der Waals surface area contributed by atoms with Crippen molar-refractivity contribution in [1.29, 1.82) is 0 Å². The number of rotatable bonds is 7. The summed E-state index contributed by atoms with van der Waals surface area (Å²) >= 11 is 12.7. The molecule has 0 bridgehead atoms. The van der Waals surface area contributed by atoms with Gasteiger partial charge in [-0.3, -0.25) is 9.59 Å². The van der Waals surface area contributed by atoms with Crippen molar-refractivity contribution in [3.05, 3.63) is 59.1 Å². The lowest BCUT2D eigenvalue weighted by atomic mass is 10.2. The van der Waals surface area contributed by atoms with Gasteiger partial charge in [0, 0.05) is 22.2 Å². The van der Waals surface area contributed by atoms with Crippen LogP contribution < -0.4 is 10.6 Å². The molecule has 2 amide bonds. The third kappa shape index (κ3) is 6.43. The van der Waals surface area contributed by atoms with Crippen molar-refractivity contribution in [3.63, 3.8) is 0 Å². The zero-order valence-corrected chi connectivity index (χ0v) is 15.0. The van der Waals surface area contributed by atoms with E-state index in [1.165, 1.54) is 11.8 Å². The van der Waals surface area contributed by atoms with Gasteiger partial charge in [-0.15, -0.1) is 23.4 Å². The fourth-order valence-electron chi connectivity index (χ4n) is 1.83. The Morgan fingerprint density at radius 1 is 0.958 bits per heavy atom. The number of carbonyl (C=O) groups excluding carboxylic acids is 2. The molecule has 0 fully saturated rings. The second-order valence-corrected chi connectivity index (χ2v) is 6.65. The highest BCUT2D eigenvalue weighted by Gasteiger charge is 2.04. The van der Waals surface area contributed by atoms with Crippen molar-refractivity contribution in [2.75, 3.05) is 16.9 Å². The standard InChI is InChI=1S/C17H16Cl2N2O2S/c18-9-16(22)21-14-5-7-15(8-6-14)24-11-17(23)20-10-12-1-3-13(19)4-2-12/h1-8H,9-11H2,(H,20,23)(H,21,22). The molecule has 0 aliphatic rings. The van der Waals surface area contributed by atoms with Crippen LogP contribution in [0.5, 0.6) is 0 Å². The molecule has 2 aromatic rings. The molecule has 0 spiro atoms. The number of amides is 2. The monoisotopic (exact) mass is 382 g/mol. The van der Waals surface area contributed by atoms with Crippen LogP contribution in [0.4, 0.5) is 5.69 Å². The van der Waals surface area contributed by atoms with E-state index >= 15 is 0 Å². The molecule has 2 aromatic carbocycles. The van der Waals surface area contributed by atoms with Crippen LogP contribution in [0.15, 0.2) is 53.4 Å². The normalized spacial score (nSPS) is 10.2. The van der Waals surface area contributed by atoms with E-state index in [0.29, 0.717) is 23.0 Å². The largest absolute Gasteiger partial charge is 0.351 e. The van der Waals surface area contributed by atoms with Gasteiger partial charge in [0.1, 0.15) is 5.88 Å². The fourth-order valence-corrected chi connectivity index (χ4v) is 2.75. The van der Waals surface area contributed by atoms with Gasteiger partial charge in [-0.05, 0) is 42.0 Å². The van der Waals surface area contributed by atoms with Crippen LogP contribution in [0.1, 0.15) is 5.56 Å². The summed E-state index contributed by atoms with van der Waals surface area (Å²) in [7, 11) is 0. The first-order chi connectivity index (χ1) is 11.6. The Morgan fingerprint density at radius 3 is 2.25 bits per heavy atom. The minimum Gasteiger partial charge on any atom is -0.351 e. The van der Waals surface area contributed by atoms with Crippen LogP contribution in [0.25, 0.3) is 0 Å². The van der Waals surface area contributed by atoms with Crippen LogP contribution >= 0.6 is 35.0 Å². The number of halogens is 2. The Hall–Kier alpha value is -1.69. The Balaban J connectivity index is 1.75. The molecule has 0 radical (unpaired) electrons. The summed E-state index contributed by atoms with van der Waals surface area (Å²) in [5, 5.41) is 6.19. The van der Waals surface area contributed by atoms with E-state index in [-0.39, 0.29) is 17.7 Å². The average molecular weight is 383 g/mol. The minimum atomic E-state index is -0.251. The number of hydrogen-bond acceptors (Lipinski definition) is 3. The third-order valence-corrected chi connectivity index (χ3v) is 4.54. The summed E-state index contributed by atoms with van der Waals surface area (Å²) < 4.78 is 0. The van der Waals surface area contributed by atoms with E-state index in [4.69, 9.17) is 23.2 Å². The topological polar surface area (TPSA) is 58.2 Å². The highest BCUT2D eigenvalue weighted by Crippen LogP contribution is 2.20. The molecule has 2 N–H and O–H groups in total. The molecule has 126 valence electrons. The van der Waals surface area contributed by atoms with Gasteiger partial charge in [0.05, 0.1) is 5.75 Å². The Morgan fingerprint density at radius 2 is 1.62 bits per heavy atom. The molecular weight excluding hydrogens is 367 g/mol. The quantitative estimate of drug-likeness (QED) is 0.563. The molecule has 0 aliphatic carbocycles. The molecular formula is C17H16Cl2N2O2S. The van der Waals surface area contributed by atoms with Crippen molar-refractivity contribution in [2.45, 2.75) is 11.4 Å². The van der Waals surface area contributed by atoms with Crippen molar-refractivity contribution in [3.8, 4) is 0 Å². The van der Waals surface area contributed by atoms with E-state index in [2.05, 4.69) is 10.6 Å². The first-order valence-electron chi connectivity index (χ1n) is 7.16. The number of nitrogens with one attached hydrogen (secondary N) is 2. The summed E-state index contributed by atoms with van der Waals surface area (Å²) in [5.74, 6) is -0.0567. The lowest BCUT2D eigenvalue weighted by molar-refractivity contribution is -0.118. The van der Waals surface area contributed by atoms with E-state index in [9.17, 15) is 9.59 Å². The molecule has 0 unspecified atom stereocenters. The summed E-state index contributed by atoms with van der Waals surface area (Å²) in [6.07, 6.45) is 0. The first kappa shape index (κ1) is 18.6. The van der Waals surface area contributed by atoms with Crippen molar-refractivity contribution < 1.29 is 9.59 Å². The van der Waals surface area contributed by atoms with Gasteiger partial charge in [-0.25, -0.2) is 0 Å². The number of alkyl halides is 1. The van der Waals surface area contributed by atoms with Crippen LogP contribution in [-0.4, -0.2) is 23.4 Å². The van der Waals surface area contributed by atoms with E-state index in [1.54, 1.807) is 24.3 Å². The van der Waals surface area contributed by atoms with Crippen molar-refractivity contribution in [2.24, 2.45) is 0 Å². The SMILES string of the molecule is O=C(CSc1ccc(NC(=O)CCl)cc1)NCc1ccc(Cl)cc1. The molecule has 0 heterocycles. The first-order valence-corrected chi connectivity index (χ1v) is 9.06. The number of carbonyl (C=O) groups is 2. The number of benzene rings is 2. The Kier molecular flexibility index (Phi) is 7.43. The predicted octanol–water partition coefficient (Wildman–Crippen LogP) is 3.93. The third-order valence-electron chi connectivity index (χ3n) is 3.03. The van der Waals surface area contributed by atoms with Gasteiger partial charge in [0.15, 0.2) is 0 Å². The zero-order chi connectivity index (χ0) is 17.4. The maximum Gasteiger partial charge on any atom is 0.239 e. The zero-order valence-electron chi connectivity index (χ0n) is 12.7. The van der Waals surface area contributed by atoms with Gasteiger partial charge in [-0.2, -0.15) is 0 Å². The Labute approximate surface area is 154 Å². The molecule has 24 heavy (non-hydrogen) atoms. The summed E-state index contributed by atoms with van der Waals surface area (Å²) in [6, 6.07) is 14.6. The Bertz CT molecular complexity index is 691. The maximum atomic E-state index is 11.9. The van der Waals surface area contributed by atoms with Gasteiger partial charge in [-0.1, -0.05) is 23.7 Å². The lowest BCUT2D eigenvalue weighted by Gasteiger charge is -2.07. The van der Waals surface area contributed by atoms with Gasteiger partial charge >= 0.3 is 0 Å². The highest BCUT2D eigenvalue weighted by atomic mass is 35.5. The predicted molar refractivity (Wildman–Crippen MR) is 99.8 cm³/mol. The average Bonchev–Trinajstić information content (AvgIpc) is 2.60. The molecule has 0 atom stereocenters. The smallest absolute Gasteiger partial charge is 0.239 e. The summed E-state index contributed by atoms with van der Waals surface area (Å²) in [6.45, 7) is 0.472. The van der Waals surface area contributed by atoms with Crippen LogP contribution in [0, 0.1) is 0 Å². The summed E-state index contributed by atoms with van der Waals surface area (Å²) in [4.78, 5) is 24.0. The van der Waals surface area contributed by atoms with E-state index < -0.39 is 0 Å². The highest BCUT2D eigenvalue weighted by molar-refractivity contribution is 8.00. The fraction of sp³-hybridized carbons (Fsp3) is 0.176. The molecule has 0 saturated carbocycles. The van der Waals surface area contributed by atoms with Crippen molar-refractivity contribution >= 4 is 52.5 Å². The molecule has 0 saturated heterocycles. The van der Waals surface area contributed by atoms with E-state index in [0.717, 1.165) is 10.5 Å². The second-order valence-electron chi connectivity index (χ2n) is 4.90. The van der Waals surface area contributed by atoms with E-state index in [1.807, 2.05) is 24.3 Å². The van der Waals surface area contributed by atoms with Crippen LogP contribution in [0.3, 0.4) is 0 Å². The van der Waals surface area contributed by atoms with Crippen LogP contribution in [-0.2, 0) is 16.1 Å². The number of hydrogen-bond donors (Lipinski definition) is 2. The second kappa shape index (κ2) is 9.57. The molecule has 7 heteroatoms.